The fourth-order valence-electron chi connectivity index (χ4n) is 1.27. The Bertz CT molecular complexity index is 564. The lowest BCUT2D eigenvalue weighted by Gasteiger charge is -2.11. The molecule has 19 heavy (non-hydrogen) atoms. The molecule has 0 N–H and O–H groups in total. The van der Waals surface area contributed by atoms with Crippen molar-refractivity contribution in [3.63, 3.8) is 0 Å². The number of aldehydes is 1. The van der Waals surface area contributed by atoms with Crippen molar-refractivity contribution < 1.29 is 27.5 Å². The van der Waals surface area contributed by atoms with Crippen molar-refractivity contribution in [3.05, 3.63) is 28.8 Å². The van der Waals surface area contributed by atoms with Gasteiger partial charge in [0.05, 0.1) is 24.3 Å². The molecule has 8 heteroatoms. The number of carbonyl (C=O) groups excluding carboxylic acids is 2. The first-order valence-corrected chi connectivity index (χ1v) is 5.51. The first kappa shape index (κ1) is 15.0. The Morgan fingerprint density at radius 2 is 2.11 bits per heavy atom. The molecular formula is C11H6F3NO3S. The second kappa shape index (κ2) is 5.75. The molecule has 1 aromatic carbocycles. The molecule has 0 aromatic heterocycles. The third kappa shape index (κ3) is 3.72. The summed E-state index contributed by atoms with van der Waals surface area (Å²) in [6.45, 7) is 0. The lowest BCUT2D eigenvalue weighted by molar-refractivity contribution is -0.0328. The summed E-state index contributed by atoms with van der Waals surface area (Å²) in [5.74, 6) is -1.01. The zero-order chi connectivity index (χ0) is 14.6. The van der Waals surface area contributed by atoms with Crippen LogP contribution in [0, 0.1) is 11.3 Å². The zero-order valence-electron chi connectivity index (χ0n) is 9.45. The van der Waals surface area contributed by atoms with Crippen LogP contribution in [-0.2, 0) is 4.74 Å². The van der Waals surface area contributed by atoms with Crippen molar-refractivity contribution in [1.82, 2.24) is 0 Å². The quantitative estimate of drug-likeness (QED) is 0.486. The Labute approximate surface area is 110 Å². The lowest BCUT2D eigenvalue weighted by Crippen LogP contribution is -2.08. The summed E-state index contributed by atoms with van der Waals surface area (Å²) in [5, 5.41) is 8.74. The maximum atomic E-state index is 12.4. The summed E-state index contributed by atoms with van der Waals surface area (Å²) < 4.78 is 41.4. The Hall–Kier alpha value is -2.01. The molecule has 0 spiro atoms. The van der Waals surface area contributed by atoms with Crippen molar-refractivity contribution in [1.29, 1.82) is 5.26 Å². The molecule has 0 aliphatic rings. The fraction of sp³-hybridized carbons (Fsp3) is 0.182. The van der Waals surface area contributed by atoms with Gasteiger partial charge in [-0.1, -0.05) is 0 Å². The SMILES string of the molecule is COC(=O)c1cc(C=O)c(C#N)cc1SC(F)(F)F. The van der Waals surface area contributed by atoms with Crippen LogP contribution in [0.2, 0.25) is 0 Å². The van der Waals surface area contributed by atoms with Crippen LogP contribution in [-0.4, -0.2) is 24.9 Å². The maximum Gasteiger partial charge on any atom is 0.446 e. The molecule has 4 nitrogen and oxygen atoms in total. The standard InChI is InChI=1S/C11H6F3NO3S/c1-18-10(17)8-2-7(5-16)6(4-15)3-9(8)19-11(12,13)14/h2-3,5H,1H3. The number of esters is 1. The number of ether oxygens (including phenoxy) is 1. The molecule has 0 unspecified atom stereocenters. The van der Waals surface area contributed by atoms with E-state index in [2.05, 4.69) is 4.74 Å². The van der Waals surface area contributed by atoms with E-state index in [9.17, 15) is 22.8 Å². The molecule has 0 fully saturated rings. The predicted molar refractivity (Wildman–Crippen MR) is 59.8 cm³/mol. The number of hydrogen-bond acceptors (Lipinski definition) is 5. The number of hydrogen-bond donors (Lipinski definition) is 0. The number of thioether (sulfide) groups is 1. The van der Waals surface area contributed by atoms with E-state index in [1.54, 1.807) is 6.07 Å². The van der Waals surface area contributed by atoms with E-state index in [4.69, 9.17) is 5.26 Å². The van der Waals surface area contributed by atoms with E-state index < -0.39 is 33.7 Å². The molecule has 0 bridgehead atoms. The number of nitriles is 1. The van der Waals surface area contributed by atoms with Crippen LogP contribution < -0.4 is 0 Å². The summed E-state index contributed by atoms with van der Waals surface area (Å²) in [5.41, 5.74) is -5.45. The third-order valence-electron chi connectivity index (χ3n) is 2.03. The number of carbonyl (C=O) groups is 2. The van der Waals surface area contributed by atoms with Crippen molar-refractivity contribution in [3.8, 4) is 6.07 Å². The lowest BCUT2D eigenvalue weighted by atomic mass is 10.1. The molecule has 0 atom stereocenters. The second-order valence-corrected chi connectivity index (χ2v) is 4.31. The average molecular weight is 289 g/mol. The van der Waals surface area contributed by atoms with Crippen LogP contribution in [0.1, 0.15) is 26.3 Å². The number of alkyl halides is 3. The van der Waals surface area contributed by atoms with E-state index in [1.165, 1.54) is 0 Å². The highest BCUT2D eigenvalue weighted by molar-refractivity contribution is 8.00. The molecule has 0 heterocycles. The van der Waals surface area contributed by atoms with E-state index in [0.29, 0.717) is 0 Å². The topological polar surface area (TPSA) is 67.2 Å². The summed E-state index contributed by atoms with van der Waals surface area (Å²) in [7, 11) is 1.00. The summed E-state index contributed by atoms with van der Waals surface area (Å²) >= 11 is -0.548. The monoisotopic (exact) mass is 289 g/mol. The van der Waals surface area contributed by atoms with Gasteiger partial charge in [-0.15, -0.1) is 0 Å². The maximum absolute atomic E-state index is 12.4. The minimum Gasteiger partial charge on any atom is -0.465 e. The highest BCUT2D eigenvalue weighted by Crippen LogP contribution is 2.39. The Morgan fingerprint density at radius 3 is 2.53 bits per heavy atom. The van der Waals surface area contributed by atoms with Gasteiger partial charge < -0.3 is 4.74 Å². The smallest absolute Gasteiger partial charge is 0.446 e. The molecule has 0 saturated carbocycles. The van der Waals surface area contributed by atoms with Crippen LogP contribution in [0.5, 0.6) is 0 Å². The van der Waals surface area contributed by atoms with Crippen LogP contribution in [0.3, 0.4) is 0 Å². The molecule has 0 radical (unpaired) electrons. The molecule has 0 aliphatic carbocycles. The molecule has 0 amide bonds. The van der Waals surface area contributed by atoms with Gasteiger partial charge in [-0.05, 0) is 23.9 Å². The highest BCUT2D eigenvalue weighted by Gasteiger charge is 2.32. The van der Waals surface area contributed by atoms with Crippen LogP contribution >= 0.6 is 11.8 Å². The predicted octanol–water partition coefficient (Wildman–Crippen LogP) is 2.77. The van der Waals surface area contributed by atoms with Gasteiger partial charge in [-0.2, -0.15) is 18.4 Å². The van der Waals surface area contributed by atoms with E-state index in [0.717, 1.165) is 19.2 Å². The van der Waals surface area contributed by atoms with Crippen molar-refractivity contribution >= 4 is 24.0 Å². The Balaban J connectivity index is 3.45. The first-order chi connectivity index (χ1) is 8.82. The largest absolute Gasteiger partial charge is 0.465 e. The summed E-state index contributed by atoms with van der Waals surface area (Å²) in [6.07, 6.45) is 0.285. The van der Waals surface area contributed by atoms with Gasteiger partial charge >= 0.3 is 11.5 Å². The van der Waals surface area contributed by atoms with Crippen molar-refractivity contribution in [2.24, 2.45) is 0 Å². The van der Waals surface area contributed by atoms with Crippen molar-refractivity contribution in [2.45, 2.75) is 10.4 Å². The van der Waals surface area contributed by atoms with Gasteiger partial charge in [0.25, 0.3) is 0 Å². The molecule has 1 aromatic rings. The molecule has 1 rings (SSSR count). The fourth-order valence-corrected chi connectivity index (χ4v) is 1.95. The Morgan fingerprint density at radius 1 is 1.47 bits per heavy atom. The van der Waals surface area contributed by atoms with Crippen LogP contribution in [0.15, 0.2) is 17.0 Å². The normalized spacial score (nSPS) is 10.7. The minimum atomic E-state index is -4.63. The molecule has 100 valence electrons. The Kier molecular flexibility index (Phi) is 4.56. The van der Waals surface area contributed by atoms with E-state index in [1.807, 2.05) is 0 Å². The second-order valence-electron chi connectivity index (χ2n) is 3.20. The van der Waals surface area contributed by atoms with Gasteiger partial charge in [-0.3, -0.25) is 4.79 Å². The van der Waals surface area contributed by atoms with Gasteiger partial charge in [0.2, 0.25) is 0 Å². The molecule has 0 saturated heterocycles. The van der Waals surface area contributed by atoms with E-state index >= 15 is 0 Å². The average Bonchev–Trinajstić information content (AvgIpc) is 2.35. The molecular weight excluding hydrogens is 283 g/mol. The van der Waals surface area contributed by atoms with Gasteiger partial charge in [0.15, 0.2) is 6.29 Å². The zero-order valence-corrected chi connectivity index (χ0v) is 10.3. The summed E-state index contributed by atoms with van der Waals surface area (Å²) in [6, 6.07) is 3.34. The summed E-state index contributed by atoms with van der Waals surface area (Å²) in [4.78, 5) is 21.6. The van der Waals surface area contributed by atoms with Gasteiger partial charge in [-0.25, -0.2) is 4.79 Å². The number of benzene rings is 1. The highest BCUT2D eigenvalue weighted by atomic mass is 32.2. The van der Waals surface area contributed by atoms with Crippen molar-refractivity contribution in [2.75, 3.05) is 7.11 Å². The molecule has 0 aliphatic heterocycles. The third-order valence-corrected chi connectivity index (χ3v) is 2.82. The van der Waals surface area contributed by atoms with Gasteiger partial charge in [0, 0.05) is 10.5 Å². The first-order valence-electron chi connectivity index (χ1n) is 4.69. The van der Waals surface area contributed by atoms with E-state index in [-0.39, 0.29) is 17.4 Å². The van der Waals surface area contributed by atoms with Crippen LogP contribution in [0.4, 0.5) is 13.2 Å². The number of nitrogens with zero attached hydrogens (tertiary/aromatic N) is 1. The number of halogens is 3. The van der Waals surface area contributed by atoms with Crippen LogP contribution in [0.25, 0.3) is 0 Å². The minimum absolute atomic E-state index is 0.172. The number of rotatable bonds is 3. The number of methoxy groups -OCH3 is 1. The van der Waals surface area contributed by atoms with Gasteiger partial charge in [0.1, 0.15) is 0 Å².